The van der Waals surface area contributed by atoms with Gasteiger partial charge in [-0.3, -0.25) is 0 Å². The maximum Gasteiger partial charge on any atom is 0.389 e. The van der Waals surface area contributed by atoms with Crippen LogP contribution in [-0.2, 0) is 5.60 Å². The van der Waals surface area contributed by atoms with E-state index in [9.17, 15) is 18.3 Å². The average Bonchev–Trinajstić information content (AvgIpc) is 2.14. The van der Waals surface area contributed by atoms with Crippen LogP contribution in [-0.4, -0.2) is 11.3 Å². The van der Waals surface area contributed by atoms with Crippen LogP contribution in [0.1, 0.15) is 30.9 Å². The molecule has 0 spiro atoms. The Hall–Kier alpha value is -1.03. The number of hydrogen-bond acceptors (Lipinski definition) is 1. The molecular formula is C12H15F3O. The number of rotatable bonds is 3. The minimum absolute atomic E-state index is 0.319. The molecule has 0 aliphatic rings. The largest absolute Gasteiger partial charge is 0.389 e. The minimum Gasteiger partial charge on any atom is -0.385 e. The van der Waals surface area contributed by atoms with Crippen molar-refractivity contribution in [3.8, 4) is 0 Å². The smallest absolute Gasteiger partial charge is 0.385 e. The maximum absolute atomic E-state index is 12.1. The van der Waals surface area contributed by atoms with Gasteiger partial charge >= 0.3 is 6.18 Å². The summed E-state index contributed by atoms with van der Waals surface area (Å²) < 4.78 is 36.2. The highest BCUT2D eigenvalue weighted by molar-refractivity contribution is 5.26. The third-order valence-corrected chi connectivity index (χ3v) is 2.54. The Morgan fingerprint density at radius 3 is 2.31 bits per heavy atom. The van der Waals surface area contributed by atoms with Crippen LogP contribution >= 0.6 is 0 Å². The molecule has 0 heterocycles. The summed E-state index contributed by atoms with van der Waals surface area (Å²) in [6.07, 6.45) is -5.53. The van der Waals surface area contributed by atoms with Gasteiger partial charge in [-0.25, -0.2) is 0 Å². The highest BCUT2D eigenvalue weighted by Crippen LogP contribution is 2.31. The molecule has 0 radical (unpaired) electrons. The fraction of sp³-hybridized carbons (Fsp3) is 0.500. The minimum atomic E-state index is -4.23. The van der Waals surface area contributed by atoms with Gasteiger partial charge in [0.25, 0.3) is 0 Å². The van der Waals surface area contributed by atoms with E-state index < -0.39 is 18.2 Å². The molecule has 0 saturated heterocycles. The molecule has 0 saturated carbocycles. The quantitative estimate of drug-likeness (QED) is 0.845. The zero-order valence-corrected chi connectivity index (χ0v) is 9.30. The topological polar surface area (TPSA) is 20.2 Å². The highest BCUT2D eigenvalue weighted by Gasteiger charge is 2.33. The molecule has 0 amide bonds. The normalized spacial score (nSPS) is 15.9. The van der Waals surface area contributed by atoms with Crippen LogP contribution in [0.15, 0.2) is 24.3 Å². The Morgan fingerprint density at radius 2 is 1.81 bits per heavy atom. The summed E-state index contributed by atoms with van der Waals surface area (Å²) >= 11 is 0. The summed E-state index contributed by atoms with van der Waals surface area (Å²) in [5.74, 6) is 0. The SMILES string of the molecule is Cc1cccc(C(C)(O)CCC(F)(F)F)c1. The number of aryl methyl sites for hydroxylation is 1. The Bertz CT molecular complexity index is 356. The molecule has 1 aromatic rings. The fourth-order valence-electron chi connectivity index (χ4n) is 1.51. The van der Waals surface area contributed by atoms with Crippen molar-refractivity contribution in [2.45, 2.75) is 38.5 Å². The fourth-order valence-corrected chi connectivity index (χ4v) is 1.51. The molecular weight excluding hydrogens is 217 g/mol. The van der Waals surface area contributed by atoms with E-state index in [0.29, 0.717) is 5.56 Å². The van der Waals surface area contributed by atoms with E-state index in [2.05, 4.69) is 0 Å². The van der Waals surface area contributed by atoms with Gasteiger partial charge in [-0.05, 0) is 25.8 Å². The van der Waals surface area contributed by atoms with E-state index in [4.69, 9.17) is 0 Å². The number of halogens is 3. The molecule has 1 rings (SSSR count). The van der Waals surface area contributed by atoms with Gasteiger partial charge in [-0.15, -0.1) is 0 Å². The lowest BCUT2D eigenvalue weighted by Crippen LogP contribution is -2.24. The third kappa shape index (κ3) is 3.85. The molecule has 1 atom stereocenters. The van der Waals surface area contributed by atoms with Crippen LogP contribution in [0, 0.1) is 6.92 Å². The van der Waals surface area contributed by atoms with Crippen molar-refractivity contribution in [3.63, 3.8) is 0 Å². The van der Waals surface area contributed by atoms with Crippen molar-refractivity contribution in [1.82, 2.24) is 0 Å². The van der Waals surface area contributed by atoms with Gasteiger partial charge in [0.15, 0.2) is 0 Å². The third-order valence-electron chi connectivity index (χ3n) is 2.54. The summed E-state index contributed by atoms with van der Waals surface area (Å²) in [6, 6.07) is 6.91. The molecule has 0 aromatic heterocycles. The molecule has 1 aromatic carbocycles. The molecule has 0 aliphatic heterocycles. The summed E-state index contributed by atoms with van der Waals surface area (Å²) in [5.41, 5.74) is 0.0168. The summed E-state index contributed by atoms with van der Waals surface area (Å²) in [6.45, 7) is 3.25. The first-order chi connectivity index (χ1) is 7.21. The second kappa shape index (κ2) is 4.45. The predicted molar refractivity (Wildman–Crippen MR) is 56.0 cm³/mol. The van der Waals surface area contributed by atoms with Crippen molar-refractivity contribution in [2.24, 2.45) is 0 Å². The molecule has 1 N–H and O–H groups in total. The van der Waals surface area contributed by atoms with Gasteiger partial charge in [0.1, 0.15) is 0 Å². The van der Waals surface area contributed by atoms with Gasteiger partial charge in [0.05, 0.1) is 5.60 Å². The second-order valence-corrected chi connectivity index (χ2v) is 4.26. The lowest BCUT2D eigenvalue weighted by Gasteiger charge is -2.24. The van der Waals surface area contributed by atoms with Crippen LogP contribution in [0.4, 0.5) is 13.2 Å². The van der Waals surface area contributed by atoms with Crippen LogP contribution < -0.4 is 0 Å². The van der Waals surface area contributed by atoms with Gasteiger partial charge in [-0.1, -0.05) is 29.8 Å². The van der Waals surface area contributed by atoms with E-state index in [1.807, 2.05) is 13.0 Å². The van der Waals surface area contributed by atoms with E-state index >= 15 is 0 Å². The zero-order valence-electron chi connectivity index (χ0n) is 9.30. The van der Waals surface area contributed by atoms with E-state index in [1.54, 1.807) is 18.2 Å². The van der Waals surface area contributed by atoms with Gasteiger partial charge in [0.2, 0.25) is 0 Å². The van der Waals surface area contributed by atoms with Gasteiger partial charge in [0, 0.05) is 6.42 Å². The standard InChI is InChI=1S/C12H15F3O/c1-9-4-3-5-10(8-9)11(2,16)6-7-12(13,14)15/h3-5,8,16H,6-7H2,1-2H3. The predicted octanol–water partition coefficient (Wildman–Crippen LogP) is 3.55. The first-order valence-electron chi connectivity index (χ1n) is 5.07. The number of benzene rings is 1. The van der Waals surface area contributed by atoms with Crippen molar-refractivity contribution >= 4 is 0 Å². The van der Waals surface area contributed by atoms with Crippen LogP contribution in [0.2, 0.25) is 0 Å². The first kappa shape index (κ1) is 13.0. The van der Waals surface area contributed by atoms with E-state index in [0.717, 1.165) is 5.56 Å². The first-order valence-corrected chi connectivity index (χ1v) is 5.07. The summed E-state index contributed by atoms with van der Waals surface area (Å²) in [4.78, 5) is 0. The molecule has 0 aliphatic carbocycles. The Morgan fingerprint density at radius 1 is 1.19 bits per heavy atom. The maximum atomic E-state index is 12.1. The molecule has 0 bridgehead atoms. The van der Waals surface area contributed by atoms with Crippen molar-refractivity contribution in [2.75, 3.05) is 0 Å². The van der Waals surface area contributed by atoms with Gasteiger partial charge in [-0.2, -0.15) is 13.2 Å². The van der Waals surface area contributed by atoms with Crippen molar-refractivity contribution in [3.05, 3.63) is 35.4 Å². The van der Waals surface area contributed by atoms with E-state index in [-0.39, 0.29) is 6.42 Å². The molecule has 4 heteroatoms. The van der Waals surface area contributed by atoms with E-state index in [1.165, 1.54) is 6.92 Å². The monoisotopic (exact) mass is 232 g/mol. The molecule has 1 unspecified atom stereocenters. The number of aliphatic hydroxyl groups is 1. The lowest BCUT2D eigenvalue weighted by molar-refractivity contribution is -0.146. The van der Waals surface area contributed by atoms with Crippen molar-refractivity contribution < 1.29 is 18.3 Å². The van der Waals surface area contributed by atoms with Crippen LogP contribution in [0.5, 0.6) is 0 Å². The van der Waals surface area contributed by atoms with Gasteiger partial charge < -0.3 is 5.11 Å². The Labute approximate surface area is 92.9 Å². The Kier molecular flexibility index (Phi) is 3.63. The zero-order chi connectivity index (χ0) is 12.4. The number of hydrogen-bond donors (Lipinski definition) is 1. The summed E-state index contributed by atoms with van der Waals surface area (Å²) in [7, 11) is 0. The average molecular weight is 232 g/mol. The van der Waals surface area contributed by atoms with Crippen molar-refractivity contribution in [1.29, 1.82) is 0 Å². The second-order valence-electron chi connectivity index (χ2n) is 4.26. The van der Waals surface area contributed by atoms with Crippen LogP contribution in [0.25, 0.3) is 0 Å². The Balaban J connectivity index is 2.77. The number of alkyl halides is 3. The summed E-state index contributed by atoms with van der Waals surface area (Å²) in [5, 5.41) is 9.97. The molecule has 90 valence electrons. The van der Waals surface area contributed by atoms with Crippen LogP contribution in [0.3, 0.4) is 0 Å². The lowest BCUT2D eigenvalue weighted by atomic mass is 9.90. The molecule has 0 fully saturated rings. The highest BCUT2D eigenvalue weighted by atomic mass is 19.4. The molecule has 16 heavy (non-hydrogen) atoms. The molecule has 1 nitrogen and oxygen atoms in total.